The second kappa shape index (κ2) is 5.10. The third-order valence-electron chi connectivity index (χ3n) is 3.28. The number of aromatic nitrogens is 1. The van der Waals surface area contributed by atoms with Crippen LogP contribution in [0.1, 0.15) is 30.2 Å². The van der Waals surface area contributed by atoms with E-state index in [1.807, 2.05) is 13.8 Å². The lowest BCUT2D eigenvalue weighted by atomic mass is 10.2. The Hall–Kier alpha value is -1.74. The number of carbonyl (C=O) groups is 2. The lowest BCUT2D eigenvalue weighted by molar-refractivity contribution is -0.117. The van der Waals surface area contributed by atoms with Crippen molar-refractivity contribution in [2.45, 2.75) is 32.4 Å². The van der Waals surface area contributed by atoms with E-state index < -0.39 is 0 Å². The third kappa shape index (κ3) is 2.51. The summed E-state index contributed by atoms with van der Waals surface area (Å²) in [5.41, 5.74) is 2.27. The summed E-state index contributed by atoms with van der Waals surface area (Å²) in [5, 5.41) is 9.19. The summed E-state index contributed by atoms with van der Waals surface area (Å²) in [4.78, 5) is 27.8. The Morgan fingerprint density at radius 3 is 2.79 bits per heavy atom. The van der Waals surface area contributed by atoms with Gasteiger partial charge in [-0.05, 0) is 19.4 Å². The molecule has 1 fully saturated rings. The van der Waals surface area contributed by atoms with E-state index in [1.165, 1.54) is 18.7 Å². The number of amides is 1. The van der Waals surface area contributed by atoms with Crippen LogP contribution in [0.25, 0.3) is 0 Å². The van der Waals surface area contributed by atoms with Crippen molar-refractivity contribution < 1.29 is 9.59 Å². The monoisotopic (exact) mass is 277 g/mol. The average molecular weight is 277 g/mol. The van der Waals surface area contributed by atoms with Gasteiger partial charge >= 0.3 is 0 Å². The van der Waals surface area contributed by atoms with Crippen LogP contribution < -0.4 is 4.90 Å². The smallest absolute Gasteiger partial charge is 0.229 e. The highest BCUT2D eigenvalue weighted by molar-refractivity contribution is 8.14. The first-order valence-corrected chi connectivity index (χ1v) is 6.88. The van der Waals surface area contributed by atoms with E-state index in [2.05, 4.69) is 11.1 Å². The van der Waals surface area contributed by atoms with E-state index >= 15 is 0 Å². The molecule has 100 valence electrons. The van der Waals surface area contributed by atoms with Gasteiger partial charge in [-0.15, -0.1) is 0 Å². The van der Waals surface area contributed by atoms with Gasteiger partial charge in [-0.3, -0.25) is 14.5 Å². The lowest BCUT2D eigenvalue weighted by Crippen LogP contribution is -2.26. The molecule has 1 aliphatic rings. The third-order valence-corrected chi connectivity index (χ3v) is 4.27. The molecule has 19 heavy (non-hydrogen) atoms. The predicted molar refractivity (Wildman–Crippen MR) is 74.0 cm³/mol. The first-order chi connectivity index (χ1) is 8.93. The summed E-state index contributed by atoms with van der Waals surface area (Å²) in [6.07, 6.45) is 0.340. The lowest BCUT2D eigenvalue weighted by Gasteiger charge is -2.15. The van der Waals surface area contributed by atoms with Gasteiger partial charge in [0.15, 0.2) is 5.12 Å². The first-order valence-electron chi connectivity index (χ1n) is 6.01. The van der Waals surface area contributed by atoms with E-state index in [9.17, 15) is 14.9 Å². The summed E-state index contributed by atoms with van der Waals surface area (Å²) in [6, 6.07) is 2.14. The molecular weight excluding hydrogens is 262 g/mol. The number of H-pyrrole nitrogens is 1. The number of hydrogen-bond donors (Lipinski definition) is 1. The maximum absolute atomic E-state index is 12.0. The van der Waals surface area contributed by atoms with Crippen molar-refractivity contribution in [3.63, 3.8) is 0 Å². The maximum Gasteiger partial charge on any atom is 0.229 e. The minimum absolute atomic E-state index is 0.0130. The number of carbonyl (C=O) groups excluding carboxylic acids is 2. The molecule has 6 heteroatoms. The van der Waals surface area contributed by atoms with E-state index in [-0.39, 0.29) is 16.3 Å². The second-order valence-electron chi connectivity index (χ2n) is 4.65. The Labute approximate surface area is 116 Å². The predicted octanol–water partition coefficient (Wildman–Crippen LogP) is 1.89. The minimum Gasteiger partial charge on any atom is -0.344 e. The number of nitriles is 1. The van der Waals surface area contributed by atoms with E-state index in [0.29, 0.717) is 24.3 Å². The Morgan fingerprint density at radius 2 is 2.21 bits per heavy atom. The fourth-order valence-corrected chi connectivity index (χ4v) is 3.16. The van der Waals surface area contributed by atoms with Crippen molar-refractivity contribution in [2.75, 3.05) is 11.4 Å². The van der Waals surface area contributed by atoms with E-state index in [1.54, 1.807) is 4.90 Å². The number of rotatable bonds is 2. The summed E-state index contributed by atoms with van der Waals surface area (Å²) in [7, 11) is 0. The number of nitrogens with one attached hydrogen (secondary N) is 1. The Bertz CT molecular complexity index is 585. The molecule has 5 nitrogen and oxygen atoms in total. The quantitative estimate of drug-likeness (QED) is 0.895. The van der Waals surface area contributed by atoms with Gasteiger partial charge in [0.05, 0.1) is 5.56 Å². The van der Waals surface area contributed by atoms with Crippen molar-refractivity contribution in [3.8, 4) is 6.07 Å². The largest absolute Gasteiger partial charge is 0.344 e. The zero-order valence-corrected chi connectivity index (χ0v) is 11.9. The molecule has 1 aromatic heterocycles. The van der Waals surface area contributed by atoms with Crippen LogP contribution in [-0.4, -0.2) is 27.8 Å². The van der Waals surface area contributed by atoms with Crippen molar-refractivity contribution in [2.24, 2.45) is 0 Å². The molecule has 2 heterocycles. The molecule has 0 saturated carbocycles. The van der Waals surface area contributed by atoms with Gasteiger partial charge in [0, 0.05) is 30.8 Å². The van der Waals surface area contributed by atoms with Crippen LogP contribution in [0.2, 0.25) is 0 Å². The number of anilines is 1. The fraction of sp³-hybridized carbons (Fsp3) is 0.462. The summed E-state index contributed by atoms with van der Waals surface area (Å²) in [5.74, 6) is 0.519. The minimum atomic E-state index is -0.0449. The molecule has 0 aliphatic carbocycles. The normalized spacial score (nSPS) is 18.7. The highest BCUT2D eigenvalue weighted by atomic mass is 32.2. The Balaban J connectivity index is 2.29. The molecule has 1 aromatic rings. The van der Waals surface area contributed by atoms with Crippen molar-refractivity contribution >= 4 is 28.6 Å². The molecule has 2 rings (SSSR count). The van der Waals surface area contributed by atoms with Gasteiger partial charge < -0.3 is 4.98 Å². The van der Waals surface area contributed by atoms with E-state index in [4.69, 9.17) is 0 Å². The van der Waals surface area contributed by atoms with Gasteiger partial charge in [-0.1, -0.05) is 11.8 Å². The van der Waals surface area contributed by atoms with Crippen molar-refractivity contribution in [1.82, 2.24) is 4.98 Å². The van der Waals surface area contributed by atoms with Crippen LogP contribution in [0.4, 0.5) is 5.82 Å². The molecule has 1 amide bonds. The van der Waals surface area contributed by atoms with E-state index in [0.717, 1.165) is 11.3 Å². The second-order valence-corrected chi connectivity index (χ2v) is 6.13. The molecular formula is C13H15N3O2S. The number of aromatic amines is 1. The topological polar surface area (TPSA) is 77.0 Å². The van der Waals surface area contributed by atoms with Gasteiger partial charge in [-0.25, -0.2) is 0 Å². The molecule has 0 bridgehead atoms. The van der Waals surface area contributed by atoms with Crippen LogP contribution in [-0.2, 0) is 9.59 Å². The molecule has 1 N–H and O–H groups in total. The molecule has 1 aliphatic heterocycles. The fourth-order valence-electron chi connectivity index (χ4n) is 2.24. The van der Waals surface area contributed by atoms with Crippen LogP contribution in [0.15, 0.2) is 0 Å². The number of hydrogen-bond acceptors (Lipinski definition) is 4. The standard InChI is InChI=1S/C13H15N3O2S/c1-7-8(2)15-13(11(7)5-14)16-6-10(4-12(16)18)19-9(3)17/h10,15H,4,6H2,1-3H3. The van der Waals surface area contributed by atoms with Crippen LogP contribution >= 0.6 is 11.8 Å². The zero-order valence-electron chi connectivity index (χ0n) is 11.1. The molecule has 1 atom stereocenters. The number of nitrogens with zero attached hydrogens (tertiary/aromatic N) is 2. The molecule has 1 saturated heterocycles. The van der Waals surface area contributed by atoms with Gasteiger partial charge in [0.2, 0.25) is 5.91 Å². The number of aryl methyl sites for hydroxylation is 1. The Kier molecular flexibility index (Phi) is 3.67. The van der Waals surface area contributed by atoms with Crippen molar-refractivity contribution in [3.05, 3.63) is 16.8 Å². The Morgan fingerprint density at radius 1 is 1.53 bits per heavy atom. The van der Waals surface area contributed by atoms with Crippen LogP contribution in [0.5, 0.6) is 0 Å². The average Bonchev–Trinajstić information content (AvgIpc) is 2.80. The van der Waals surface area contributed by atoms with Crippen molar-refractivity contribution in [1.29, 1.82) is 5.26 Å². The summed E-state index contributed by atoms with van der Waals surface area (Å²) in [6.45, 7) is 5.71. The highest BCUT2D eigenvalue weighted by Gasteiger charge is 2.34. The SMILES string of the molecule is CC(=O)SC1CC(=O)N(c2[nH]c(C)c(C)c2C#N)C1. The first kappa shape index (κ1) is 13.7. The highest BCUT2D eigenvalue weighted by Crippen LogP contribution is 2.32. The van der Waals surface area contributed by atoms with Crippen LogP contribution in [0, 0.1) is 25.2 Å². The molecule has 1 unspecified atom stereocenters. The summed E-state index contributed by atoms with van der Waals surface area (Å²) < 4.78 is 0. The molecule has 0 radical (unpaired) electrons. The zero-order chi connectivity index (χ0) is 14.2. The molecule has 0 aromatic carbocycles. The van der Waals surface area contributed by atoms with Gasteiger partial charge in [-0.2, -0.15) is 5.26 Å². The van der Waals surface area contributed by atoms with Gasteiger partial charge in [0.1, 0.15) is 11.9 Å². The van der Waals surface area contributed by atoms with Gasteiger partial charge in [0.25, 0.3) is 0 Å². The van der Waals surface area contributed by atoms with Crippen LogP contribution in [0.3, 0.4) is 0 Å². The summed E-state index contributed by atoms with van der Waals surface area (Å²) >= 11 is 1.19. The maximum atomic E-state index is 12.0. The molecule has 0 spiro atoms. The number of thioether (sulfide) groups is 1.